The molecule has 0 aromatic carbocycles. The molecule has 0 saturated heterocycles. The first-order valence-electron chi connectivity index (χ1n) is 4.12. The highest BCUT2D eigenvalue weighted by molar-refractivity contribution is 5.66. The molecule has 0 heterocycles. The van der Waals surface area contributed by atoms with Gasteiger partial charge in [-0.25, -0.2) is 0 Å². The minimum absolute atomic E-state index is 0.182. The molecule has 0 bridgehead atoms. The third-order valence-corrected chi connectivity index (χ3v) is 2.19. The third-order valence-electron chi connectivity index (χ3n) is 2.19. The number of ether oxygens (including phenoxy) is 1. The van der Waals surface area contributed by atoms with Crippen LogP contribution in [-0.4, -0.2) is 11.6 Å². The molecule has 0 rings (SSSR count). The van der Waals surface area contributed by atoms with Crippen molar-refractivity contribution in [1.82, 2.24) is 0 Å². The predicted octanol–water partition coefficient (Wildman–Crippen LogP) is 2.54. The van der Waals surface area contributed by atoms with E-state index >= 15 is 0 Å². The molecular weight excluding hydrogens is 152 g/mol. The molecule has 70 valence electrons. The highest BCUT2D eigenvalue weighted by Crippen LogP contribution is 2.26. The zero-order valence-corrected chi connectivity index (χ0v) is 8.60. The van der Waals surface area contributed by atoms with Crippen LogP contribution in [0.5, 0.6) is 0 Å². The average molecular weight is 170 g/mol. The van der Waals surface area contributed by atoms with E-state index in [1.165, 1.54) is 6.92 Å². The second kappa shape index (κ2) is 3.74. The first kappa shape index (κ1) is 11.2. The van der Waals surface area contributed by atoms with Gasteiger partial charge in [0.15, 0.2) is 0 Å². The largest absolute Gasteiger partial charge is 0.459 e. The number of esters is 1. The van der Waals surface area contributed by atoms with Gasteiger partial charge >= 0.3 is 5.97 Å². The maximum Gasteiger partial charge on any atom is 0.303 e. The maximum atomic E-state index is 10.7. The molecule has 0 spiro atoms. The van der Waals surface area contributed by atoms with Gasteiger partial charge < -0.3 is 4.74 Å². The minimum Gasteiger partial charge on any atom is -0.459 e. The topological polar surface area (TPSA) is 26.3 Å². The molecule has 0 radical (unpaired) electrons. The van der Waals surface area contributed by atoms with Crippen molar-refractivity contribution in [3.05, 3.63) is 12.2 Å². The van der Waals surface area contributed by atoms with Gasteiger partial charge in [0.25, 0.3) is 0 Å². The normalized spacial score (nSPS) is 13.8. The van der Waals surface area contributed by atoms with Gasteiger partial charge in [-0.3, -0.25) is 4.79 Å². The van der Waals surface area contributed by atoms with Crippen LogP contribution in [-0.2, 0) is 9.53 Å². The lowest BCUT2D eigenvalue weighted by Gasteiger charge is -2.31. The Bertz CT molecular complexity index is 192. The van der Waals surface area contributed by atoms with Crippen LogP contribution < -0.4 is 0 Å². The van der Waals surface area contributed by atoms with Crippen molar-refractivity contribution < 1.29 is 9.53 Å². The van der Waals surface area contributed by atoms with Gasteiger partial charge in [-0.2, -0.15) is 0 Å². The van der Waals surface area contributed by atoms with Crippen LogP contribution in [0.15, 0.2) is 12.2 Å². The van der Waals surface area contributed by atoms with Crippen molar-refractivity contribution in [2.75, 3.05) is 0 Å². The van der Waals surface area contributed by atoms with Crippen molar-refractivity contribution in [1.29, 1.82) is 0 Å². The number of carbonyl (C=O) groups excluding carboxylic acids is 1. The second-order valence-electron chi connectivity index (χ2n) is 3.77. The van der Waals surface area contributed by atoms with Crippen molar-refractivity contribution in [2.45, 2.75) is 40.2 Å². The summed E-state index contributed by atoms with van der Waals surface area (Å²) in [6.07, 6.45) is 0. The van der Waals surface area contributed by atoms with Crippen LogP contribution >= 0.6 is 0 Å². The Balaban J connectivity index is 4.38. The Kier molecular flexibility index (Phi) is 3.50. The van der Waals surface area contributed by atoms with Gasteiger partial charge in [0.05, 0.1) is 0 Å². The molecule has 0 amide bonds. The number of carbonyl (C=O) groups is 1. The Labute approximate surface area is 74.6 Å². The van der Waals surface area contributed by atoms with Crippen molar-refractivity contribution in [3.63, 3.8) is 0 Å². The Morgan fingerprint density at radius 2 is 1.83 bits per heavy atom. The molecule has 0 fully saturated rings. The van der Waals surface area contributed by atoms with E-state index in [2.05, 4.69) is 6.58 Å². The summed E-state index contributed by atoms with van der Waals surface area (Å²) in [5.74, 6) is -0.0606. The number of hydrogen-bond donors (Lipinski definition) is 0. The van der Waals surface area contributed by atoms with Crippen LogP contribution in [0.1, 0.15) is 34.6 Å². The molecule has 1 unspecified atom stereocenters. The quantitative estimate of drug-likeness (QED) is 0.480. The van der Waals surface area contributed by atoms with E-state index in [1.807, 2.05) is 27.7 Å². The van der Waals surface area contributed by atoms with E-state index in [0.717, 1.165) is 5.57 Å². The molecule has 0 aromatic heterocycles. The fraction of sp³-hybridized carbons (Fsp3) is 0.700. The van der Waals surface area contributed by atoms with E-state index in [1.54, 1.807) is 0 Å². The third kappa shape index (κ3) is 3.07. The van der Waals surface area contributed by atoms with E-state index in [4.69, 9.17) is 4.74 Å². The standard InChI is InChI=1S/C10H18O2/c1-7(2)8(3)10(5,6)12-9(4)11/h8H,1H2,2-6H3. The lowest BCUT2D eigenvalue weighted by Crippen LogP contribution is -2.34. The summed E-state index contributed by atoms with van der Waals surface area (Å²) in [5.41, 5.74) is 0.582. The van der Waals surface area contributed by atoms with Crippen LogP contribution in [0.3, 0.4) is 0 Å². The Hall–Kier alpha value is -0.790. The lowest BCUT2D eigenvalue weighted by atomic mass is 9.87. The Morgan fingerprint density at radius 3 is 2.08 bits per heavy atom. The maximum absolute atomic E-state index is 10.7. The van der Waals surface area contributed by atoms with E-state index in [-0.39, 0.29) is 11.9 Å². The van der Waals surface area contributed by atoms with Gasteiger partial charge in [-0.05, 0) is 20.8 Å². The Morgan fingerprint density at radius 1 is 1.42 bits per heavy atom. The highest BCUT2D eigenvalue weighted by Gasteiger charge is 2.29. The van der Waals surface area contributed by atoms with Crippen LogP contribution in [0, 0.1) is 5.92 Å². The molecule has 1 atom stereocenters. The molecule has 0 N–H and O–H groups in total. The van der Waals surface area contributed by atoms with Crippen LogP contribution in [0.25, 0.3) is 0 Å². The summed E-state index contributed by atoms with van der Waals surface area (Å²) in [6.45, 7) is 13.0. The van der Waals surface area contributed by atoms with Gasteiger partial charge in [0.1, 0.15) is 5.60 Å². The summed E-state index contributed by atoms with van der Waals surface area (Å²) in [6, 6.07) is 0. The monoisotopic (exact) mass is 170 g/mol. The molecular formula is C10H18O2. The highest BCUT2D eigenvalue weighted by atomic mass is 16.6. The van der Waals surface area contributed by atoms with E-state index < -0.39 is 5.60 Å². The van der Waals surface area contributed by atoms with Gasteiger partial charge in [0.2, 0.25) is 0 Å². The van der Waals surface area contributed by atoms with Crippen molar-refractivity contribution in [3.8, 4) is 0 Å². The molecule has 2 heteroatoms. The minimum atomic E-state index is -0.447. The molecule has 0 aromatic rings. The summed E-state index contributed by atoms with van der Waals surface area (Å²) in [7, 11) is 0. The van der Waals surface area contributed by atoms with Crippen LogP contribution in [0.2, 0.25) is 0 Å². The van der Waals surface area contributed by atoms with E-state index in [0.29, 0.717) is 0 Å². The van der Waals surface area contributed by atoms with Gasteiger partial charge in [-0.1, -0.05) is 19.1 Å². The first-order valence-corrected chi connectivity index (χ1v) is 4.12. The lowest BCUT2D eigenvalue weighted by molar-refractivity contribution is -0.156. The smallest absolute Gasteiger partial charge is 0.303 e. The molecule has 2 nitrogen and oxygen atoms in total. The molecule has 0 aliphatic heterocycles. The fourth-order valence-corrected chi connectivity index (χ4v) is 1.05. The number of rotatable bonds is 3. The second-order valence-corrected chi connectivity index (χ2v) is 3.77. The molecule has 0 saturated carbocycles. The summed E-state index contributed by atoms with van der Waals surface area (Å²) in [5, 5.41) is 0. The number of hydrogen-bond acceptors (Lipinski definition) is 2. The average Bonchev–Trinajstić information content (AvgIpc) is 1.82. The van der Waals surface area contributed by atoms with Crippen molar-refractivity contribution in [2.24, 2.45) is 5.92 Å². The first-order chi connectivity index (χ1) is 5.27. The zero-order chi connectivity index (χ0) is 9.94. The summed E-state index contributed by atoms with van der Waals surface area (Å²) >= 11 is 0. The molecule has 12 heavy (non-hydrogen) atoms. The predicted molar refractivity (Wildman–Crippen MR) is 49.8 cm³/mol. The fourth-order valence-electron chi connectivity index (χ4n) is 1.05. The summed E-state index contributed by atoms with van der Waals surface area (Å²) in [4.78, 5) is 10.7. The van der Waals surface area contributed by atoms with Gasteiger partial charge in [0, 0.05) is 12.8 Å². The van der Waals surface area contributed by atoms with E-state index in [9.17, 15) is 4.79 Å². The summed E-state index contributed by atoms with van der Waals surface area (Å²) < 4.78 is 5.16. The van der Waals surface area contributed by atoms with Gasteiger partial charge in [-0.15, -0.1) is 0 Å². The van der Waals surface area contributed by atoms with Crippen LogP contribution in [0.4, 0.5) is 0 Å². The SMILES string of the molecule is C=C(C)C(C)C(C)(C)OC(C)=O. The van der Waals surface area contributed by atoms with Crippen molar-refractivity contribution >= 4 is 5.97 Å². The molecule has 0 aliphatic carbocycles. The molecule has 0 aliphatic rings. The zero-order valence-electron chi connectivity index (χ0n) is 8.60.